The summed E-state index contributed by atoms with van der Waals surface area (Å²) < 4.78 is 14.1. The Kier molecular flexibility index (Phi) is 7.33. The first-order chi connectivity index (χ1) is 13.6. The van der Waals surface area contributed by atoms with Crippen molar-refractivity contribution < 1.29 is 4.39 Å². The van der Waals surface area contributed by atoms with Crippen molar-refractivity contribution in [2.75, 3.05) is 0 Å². The first-order valence-corrected chi connectivity index (χ1v) is 10.9. The monoisotopic (exact) mass is 407 g/mol. The molecule has 0 N–H and O–H groups in total. The lowest BCUT2D eigenvalue weighted by atomic mass is 9.78. The van der Waals surface area contributed by atoms with Gasteiger partial charge in [-0.3, -0.25) is 0 Å². The summed E-state index contributed by atoms with van der Waals surface area (Å²) in [5.74, 6) is 7.11. The Morgan fingerprint density at radius 3 is 2.36 bits per heavy atom. The van der Waals surface area contributed by atoms with Crippen LogP contribution in [0, 0.1) is 34.2 Å². The van der Waals surface area contributed by atoms with Gasteiger partial charge in [0.05, 0.1) is 4.90 Å². The number of thioether (sulfide) groups is 1. The molecule has 3 rings (SSSR count). The fraction of sp³-hybridized carbons (Fsp3) is 0.292. The molecule has 28 heavy (non-hydrogen) atoms. The van der Waals surface area contributed by atoms with Gasteiger partial charge in [-0.25, -0.2) is 4.39 Å². The molecule has 0 amide bonds. The number of benzene rings is 2. The van der Waals surface area contributed by atoms with Crippen LogP contribution >= 0.6 is 21.0 Å². The predicted octanol–water partition coefficient (Wildman–Crippen LogP) is 6.15. The molecule has 1 aliphatic rings. The second kappa shape index (κ2) is 9.93. The molecule has 1 aliphatic carbocycles. The summed E-state index contributed by atoms with van der Waals surface area (Å²) in [5, 5.41) is 11.3. The maximum Gasteiger partial charge on any atom is 0.139 e. The molecule has 0 aliphatic heterocycles. The summed E-state index contributed by atoms with van der Waals surface area (Å²) in [6.07, 6.45) is 9.51. The van der Waals surface area contributed by atoms with Crippen molar-refractivity contribution >= 4 is 26.3 Å². The summed E-state index contributed by atoms with van der Waals surface area (Å²) in [6.45, 7) is 2.10. The van der Waals surface area contributed by atoms with Crippen molar-refractivity contribution in [3.05, 3.63) is 71.1 Å². The highest BCUT2D eigenvalue weighted by Gasteiger charge is 2.20. The van der Waals surface area contributed by atoms with E-state index in [1.165, 1.54) is 37.3 Å². The first kappa shape index (κ1) is 20.7. The normalized spacial score (nSPS) is 19.1. The highest BCUT2D eigenvalue weighted by atomic mass is 32.2. The van der Waals surface area contributed by atoms with Crippen LogP contribution in [0.1, 0.15) is 55.2 Å². The molecule has 2 aromatic carbocycles. The van der Waals surface area contributed by atoms with E-state index in [-0.39, 0.29) is 0 Å². The first-order valence-electron chi connectivity index (χ1n) is 9.50. The van der Waals surface area contributed by atoms with Gasteiger partial charge in [0, 0.05) is 11.1 Å². The minimum absolute atomic E-state index is 0.339. The number of thiocyanates is 1. The van der Waals surface area contributed by atoms with Crippen molar-refractivity contribution in [1.82, 2.24) is 0 Å². The average molecular weight is 407 g/mol. The fourth-order valence-corrected chi connectivity index (χ4v) is 4.66. The van der Waals surface area contributed by atoms with Gasteiger partial charge in [0.2, 0.25) is 0 Å². The van der Waals surface area contributed by atoms with Crippen LogP contribution in [0.4, 0.5) is 4.39 Å². The zero-order valence-electron chi connectivity index (χ0n) is 15.9. The van der Waals surface area contributed by atoms with Crippen LogP contribution in [0.5, 0.6) is 0 Å². The van der Waals surface area contributed by atoms with Gasteiger partial charge in [-0.1, -0.05) is 36.1 Å². The van der Waals surface area contributed by atoms with Gasteiger partial charge in [-0.05, 0) is 91.3 Å². The van der Waals surface area contributed by atoms with E-state index in [9.17, 15) is 4.39 Å². The van der Waals surface area contributed by atoms with E-state index < -0.39 is 5.82 Å². The Morgan fingerprint density at radius 1 is 1.07 bits per heavy atom. The maximum absolute atomic E-state index is 14.1. The van der Waals surface area contributed by atoms with Crippen LogP contribution in [-0.2, 0) is 0 Å². The Hall–Kier alpha value is -2.06. The van der Waals surface area contributed by atoms with Crippen LogP contribution in [0.15, 0.2) is 53.4 Å². The lowest BCUT2D eigenvalue weighted by molar-refractivity contribution is 0.375. The minimum atomic E-state index is -0.410. The van der Waals surface area contributed by atoms with Gasteiger partial charge in [0.25, 0.3) is 0 Å². The molecular formula is C24H23FNPS. The summed E-state index contributed by atoms with van der Waals surface area (Å²) in [7, 11) is 2.47. The topological polar surface area (TPSA) is 23.8 Å². The highest BCUT2D eigenvalue weighted by molar-refractivity contribution is 8.04. The molecule has 2 aromatic rings. The predicted molar refractivity (Wildman–Crippen MR) is 119 cm³/mol. The standard InChI is InChI=1S/C24H23FNPS/c1-2-3-17-6-10-20(11-7-17)21-12-8-18(9-13-21)4-5-19-14-22(25)24(28-16-26)23(27)15-19/h2-3,8-9,12-15,17,20H,6-7,10-11,27H2,1H3/b3-2+. The molecule has 0 spiro atoms. The molecule has 0 saturated heterocycles. The Bertz CT molecular complexity index is 932. The van der Waals surface area contributed by atoms with Crippen LogP contribution in [0.25, 0.3) is 0 Å². The third-order valence-corrected chi connectivity index (χ3v) is 6.58. The van der Waals surface area contributed by atoms with Crippen molar-refractivity contribution in [2.45, 2.75) is 43.4 Å². The molecule has 4 heteroatoms. The second-order valence-electron chi connectivity index (χ2n) is 7.08. The van der Waals surface area contributed by atoms with E-state index in [1.54, 1.807) is 6.07 Å². The van der Waals surface area contributed by atoms with Crippen LogP contribution in [0.3, 0.4) is 0 Å². The van der Waals surface area contributed by atoms with Crippen molar-refractivity contribution in [3.8, 4) is 17.2 Å². The second-order valence-corrected chi connectivity index (χ2v) is 8.50. The number of hydrogen-bond donors (Lipinski definition) is 0. The summed E-state index contributed by atoms with van der Waals surface area (Å²) >= 11 is 0.827. The molecule has 0 aromatic heterocycles. The van der Waals surface area contributed by atoms with E-state index in [2.05, 4.69) is 64.4 Å². The van der Waals surface area contributed by atoms with Crippen LogP contribution < -0.4 is 5.30 Å². The molecular weight excluding hydrogens is 384 g/mol. The number of allylic oxidation sites excluding steroid dienone is 2. The third kappa shape index (κ3) is 5.26. The van der Waals surface area contributed by atoms with E-state index in [0.29, 0.717) is 21.7 Å². The lowest BCUT2D eigenvalue weighted by Gasteiger charge is -2.27. The van der Waals surface area contributed by atoms with Crippen LogP contribution in [0.2, 0.25) is 0 Å². The molecule has 0 bridgehead atoms. The Morgan fingerprint density at radius 2 is 1.75 bits per heavy atom. The molecule has 1 saturated carbocycles. The number of halogens is 1. The summed E-state index contributed by atoms with van der Waals surface area (Å²) in [4.78, 5) is 0.339. The van der Waals surface area contributed by atoms with Gasteiger partial charge in [0.15, 0.2) is 0 Å². The number of nitriles is 1. The minimum Gasteiger partial charge on any atom is -0.206 e. The third-order valence-electron chi connectivity index (χ3n) is 5.19. The van der Waals surface area contributed by atoms with Gasteiger partial charge >= 0.3 is 0 Å². The van der Waals surface area contributed by atoms with E-state index in [1.807, 2.05) is 5.40 Å². The SMILES string of the molecule is C/C=C/C1CCC(c2ccc(C#Cc3cc(F)c(SC#N)c(P)c3)cc2)CC1. The number of nitrogens with zero attached hydrogens (tertiary/aromatic N) is 1. The van der Waals surface area contributed by atoms with Crippen molar-refractivity contribution in [1.29, 1.82) is 5.26 Å². The van der Waals surface area contributed by atoms with E-state index in [4.69, 9.17) is 5.26 Å². The lowest BCUT2D eigenvalue weighted by Crippen LogP contribution is -2.11. The number of rotatable bonds is 3. The number of hydrogen-bond acceptors (Lipinski definition) is 2. The van der Waals surface area contributed by atoms with Gasteiger partial charge in [0.1, 0.15) is 11.2 Å². The summed E-state index contributed by atoms with van der Waals surface area (Å²) in [6, 6.07) is 11.6. The Balaban J connectivity index is 1.68. The van der Waals surface area contributed by atoms with Crippen LogP contribution in [-0.4, -0.2) is 0 Å². The van der Waals surface area contributed by atoms with Gasteiger partial charge < -0.3 is 0 Å². The zero-order valence-corrected chi connectivity index (χ0v) is 17.9. The largest absolute Gasteiger partial charge is 0.206 e. The smallest absolute Gasteiger partial charge is 0.139 e. The molecule has 1 fully saturated rings. The van der Waals surface area contributed by atoms with Crippen molar-refractivity contribution in [3.63, 3.8) is 0 Å². The molecule has 1 nitrogen and oxygen atoms in total. The molecule has 1 unspecified atom stereocenters. The molecule has 0 heterocycles. The molecule has 0 radical (unpaired) electrons. The highest BCUT2D eigenvalue weighted by Crippen LogP contribution is 2.36. The van der Waals surface area contributed by atoms with Crippen molar-refractivity contribution in [2.24, 2.45) is 5.92 Å². The molecule has 1 atom stereocenters. The summed E-state index contributed by atoms with van der Waals surface area (Å²) in [5.41, 5.74) is 2.92. The Labute approximate surface area is 173 Å². The van der Waals surface area contributed by atoms with Gasteiger partial charge in [-0.15, -0.1) is 9.24 Å². The fourth-order valence-electron chi connectivity index (χ4n) is 3.74. The average Bonchev–Trinajstić information content (AvgIpc) is 2.70. The quantitative estimate of drug-likeness (QED) is 0.200. The zero-order chi connectivity index (χ0) is 19.9. The van der Waals surface area contributed by atoms with E-state index in [0.717, 1.165) is 23.2 Å². The van der Waals surface area contributed by atoms with Gasteiger partial charge in [-0.2, -0.15) is 5.26 Å². The van der Waals surface area contributed by atoms with E-state index >= 15 is 0 Å². The molecule has 142 valence electrons. The maximum atomic E-state index is 14.1.